The second kappa shape index (κ2) is 8.38. The Morgan fingerprint density at radius 1 is 1.18 bits per heavy atom. The number of para-hydroxylation sites is 1. The Hall–Kier alpha value is -3.05. The lowest BCUT2D eigenvalue weighted by molar-refractivity contribution is -0.134. The molecular weight excluding hydrogens is 410 g/mol. The monoisotopic (exact) mass is 443 g/mol. The van der Waals surface area contributed by atoms with Crippen LogP contribution >= 0.6 is 0 Å². The second-order valence-electron chi connectivity index (χ2n) is 9.38. The Morgan fingerprint density at radius 2 is 1.97 bits per heavy atom. The van der Waals surface area contributed by atoms with Crippen LogP contribution in [0, 0.1) is 5.92 Å². The van der Waals surface area contributed by atoms with Gasteiger partial charge in [0.15, 0.2) is 0 Å². The van der Waals surface area contributed by atoms with Gasteiger partial charge < -0.3 is 14.6 Å². The van der Waals surface area contributed by atoms with Crippen LogP contribution in [0.3, 0.4) is 0 Å². The molecule has 0 bridgehead atoms. The lowest BCUT2D eigenvalue weighted by atomic mass is 9.70. The number of hydrogen-bond acceptors (Lipinski definition) is 3. The minimum Gasteiger partial charge on any atom is -0.496 e. The molecular formula is C28H33N3O2. The molecule has 5 nitrogen and oxygen atoms in total. The summed E-state index contributed by atoms with van der Waals surface area (Å²) in [5, 5.41) is 1.30. The Bertz CT molecular complexity index is 1220. The van der Waals surface area contributed by atoms with Gasteiger partial charge in [0, 0.05) is 54.4 Å². The molecule has 1 amide bonds. The number of hydrogen-bond donors (Lipinski definition) is 1. The average Bonchev–Trinajstić information content (AvgIpc) is 3.24. The number of methoxy groups -OCH3 is 1. The highest BCUT2D eigenvalue weighted by molar-refractivity contribution is 6.00. The Morgan fingerprint density at radius 3 is 2.73 bits per heavy atom. The maximum absolute atomic E-state index is 13.5. The molecule has 1 aliphatic carbocycles. The van der Waals surface area contributed by atoms with Crippen LogP contribution < -0.4 is 4.74 Å². The van der Waals surface area contributed by atoms with E-state index in [9.17, 15) is 4.79 Å². The normalized spacial score (nSPS) is 22.1. The van der Waals surface area contributed by atoms with Crippen molar-refractivity contribution >= 4 is 22.4 Å². The van der Waals surface area contributed by atoms with Gasteiger partial charge in [0.25, 0.3) is 0 Å². The van der Waals surface area contributed by atoms with Gasteiger partial charge in [-0.2, -0.15) is 0 Å². The van der Waals surface area contributed by atoms with Gasteiger partial charge in [-0.15, -0.1) is 0 Å². The number of amides is 1. The van der Waals surface area contributed by atoms with Gasteiger partial charge in [0.2, 0.25) is 5.91 Å². The molecule has 2 atom stereocenters. The molecule has 1 aliphatic heterocycles. The number of nitrogens with one attached hydrogen (secondary N) is 1. The SMILES string of the molecule is CCN(CC)C(=O)[C@@H]1C=C2c3cccc4[nH]cc(c34)CC2(C)N(Cc2ccccc2OC)C1. The first-order valence-corrected chi connectivity index (χ1v) is 12.0. The van der Waals surface area contributed by atoms with Crippen molar-refractivity contribution in [2.45, 2.75) is 39.3 Å². The number of aromatic amines is 1. The number of benzene rings is 2. The molecule has 0 radical (unpaired) electrons. The third-order valence-corrected chi connectivity index (χ3v) is 7.62. The Balaban J connectivity index is 1.64. The van der Waals surface area contributed by atoms with Gasteiger partial charge in [-0.1, -0.05) is 36.4 Å². The minimum atomic E-state index is -0.204. The molecule has 1 N–H and O–H groups in total. The van der Waals surface area contributed by atoms with Crippen molar-refractivity contribution in [1.82, 2.24) is 14.8 Å². The summed E-state index contributed by atoms with van der Waals surface area (Å²) in [7, 11) is 1.72. The van der Waals surface area contributed by atoms with Crippen LogP contribution in [0.1, 0.15) is 37.5 Å². The first-order chi connectivity index (χ1) is 16.0. The maximum Gasteiger partial charge on any atom is 0.230 e. The van der Waals surface area contributed by atoms with Crippen molar-refractivity contribution in [2.24, 2.45) is 5.92 Å². The third kappa shape index (κ3) is 3.46. The summed E-state index contributed by atoms with van der Waals surface area (Å²) in [6, 6.07) is 14.7. The molecule has 1 unspecified atom stereocenters. The Labute approximate surface area is 196 Å². The first kappa shape index (κ1) is 21.8. The summed E-state index contributed by atoms with van der Waals surface area (Å²) < 4.78 is 5.67. The number of carbonyl (C=O) groups excluding carboxylic acids is 1. The lowest BCUT2D eigenvalue weighted by Gasteiger charge is -2.50. The van der Waals surface area contributed by atoms with E-state index in [1.807, 2.05) is 17.0 Å². The summed E-state index contributed by atoms with van der Waals surface area (Å²) in [6.07, 6.45) is 5.34. The van der Waals surface area contributed by atoms with Crippen LogP contribution in [0.5, 0.6) is 5.75 Å². The van der Waals surface area contributed by atoms with Crippen molar-refractivity contribution in [3.8, 4) is 5.75 Å². The lowest BCUT2D eigenvalue weighted by Crippen LogP contribution is -2.56. The highest BCUT2D eigenvalue weighted by Gasteiger charge is 2.46. The highest BCUT2D eigenvalue weighted by atomic mass is 16.5. The van der Waals surface area contributed by atoms with Crippen molar-refractivity contribution < 1.29 is 9.53 Å². The molecule has 5 heteroatoms. The average molecular weight is 444 g/mol. The maximum atomic E-state index is 13.5. The summed E-state index contributed by atoms with van der Waals surface area (Å²) in [4.78, 5) is 21.4. The number of carbonyl (C=O) groups is 1. The predicted molar refractivity (Wildman–Crippen MR) is 133 cm³/mol. The van der Waals surface area contributed by atoms with Crippen molar-refractivity contribution in [3.63, 3.8) is 0 Å². The number of nitrogens with zero attached hydrogens (tertiary/aromatic N) is 2. The zero-order valence-corrected chi connectivity index (χ0v) is 20.0. The van der Waals surface area contributed by atoms with Crippen molar-refractivity contribution in [3.05, 3.63) is 71.4 Å². The number of ether oxygens (including phenoxy) is 1. The van der Waals surface area contributed by atoms with E-state index in [-0.39, 0.29) is 17.4 Å². The van der Waals surface area contributed by atoms with Gasteiger partial charge in [0.1, 0.15) is 5.75 Å². The number of H-pyrrole nitrogens is 1. The van der Waals surface area contributed by atoms with Gasteiger partial charge in [0.05, 0.1) is 13.0 Å². The predicted octanol–water partition coefficient (Wildman–Crippen LogP) is 4.88. The van der Waals surface area contributed by atoms with E-state index >= 15 is 0 Å². The largest absolute Gasteiger partial charge is 0.496 e. The van der Waals surface area contributed by atoms with Crippen LogP contribution in [0.15, 0.2) is 54.7 Å². The number of fused-ring (bicyclic) bond motifs is 2. The van der Waals surface area contributed by atoms with Crippen LogP contribution in [0.4, 0.5) is 0 Å². The van der Waals surface area contributed by atoms with Gasteiger partial charge in [-0.05, 0) is 56.0 Å². The fourth-order valence-electron chi connectivity index (χ4n) is 5.82. The van der Waals surface area contributed by atoms with Gasteiger partial charge in [-0.25, -0.2) is 0 Å². The molecule has 33 heavy (non-hydrogen) atoms. The summed E-state index contributed by atoms with van der Waals surface area (Å²) in [5.41, 5.74) is 5.98. The molecule has 1 aromatic heterocycles. The van der Waals surface area contributed by atoms with Crippen LogP contribution in [-0.4, -0.2) is 53.0 Å². The number of aromatic nitrogens is 1. The standard InChI is InChI=1S/C28H33N3O2/c1-5-30(6-2)27(32)20-14-23-22-11-9-12-24-26(22)21(16-29-24)15-28(23,3)31(18-20)17-19-10-7-8-13-25(19)33-4/h7-14,16,20,29H,5-6,15,17-18H2,1-4H3/t20-,28?/m1/s1. The summed E-state index contributed by atoms with van der Waals surface area (Å²) in [5.74, 6) is 0.939. The molecule has 172 valence electrons. The van der Waals surface area contributed by atoms with E-state index in [1.54, 1.807) is 7.11 Å². The molecule has 5 rings (SSSR count). The molecule has 0 spiro atoms. The smallest absolute Gasteiger partial charge is 0.230 e. The second-order valence-corrected chi connectivity index (χ2v) is 9.38. The highest BCUT2D eigenvalue weighted by Crippen LogP contribution is 2.48. The molecule has 0 saturated carbocycles. The summed E-state index contributed by atoms with van der Waals surface area (Å²) in [6.45, 7) is 9.34. The molecule has 2 aliphatic rings. The van der Waals surface area contributed by atoms with E-state index in [2.05, 4.69) is 73.3 Å². The van der Waals surface area contributed by atoms with Crippen molar-refractivity contribution in [1.29, 1.82) is 0 Å². The fourth-order valence-corrected chi connectivity index (χ4v) is 5.82. The quantitative estimate of drug-likeness (QED) is 0.591. The zero-order valence-electron chi connectivity index (χ0n) is 20.0. The zero-order chi connectivity index (χ0) is 23.2. The van der Waals surface area contributed by atoms with Crippen molar-refractivity contribution in [2.75, 3.05) is 26.7 Å². The van der Waals surface area contributed by atoms with Gasteiger partial charge in [-0.3, -0.25) is 9.69 Å². The summed E-state index contributed by atoms with van der Waals surface area (Å²) >= 11 is 0. The van der Waals surface area contributed by atoms with E-state index in [4.69, 9.17) is 4.74 Å². The molecule has 0 saturated heterocycles. The number of rotatable bonds is 6. The molecule has 3 aromatic rings. The molecule has 0 fully saturated rings. The van der Waals surface area contributed by atoms with E-state index in [0.29, 0.717) is 6.54 Å². The van der Waals surface area contributed by atoms with Crippen LogP contribution in [-0.2, 0) is 17.8 Å². The molecule has 2 aromatic carbocycles. The van der Waals surface area contributed by atoms with Crippen LogP contribution in [0.25, 0.3) is 16.5 Å². The van der Waals surface area contributed by atoms with E-state index in [0.717, 1.165) is 37.4 Å². The first-order valence-electron chi connectivity index (χ1n) is 12.0. The minimum absolute atomic E-state index is 0.168. The molecule has 2 heterocycles. The third-order valence-electron chi connectivity index (χ3n) is 7.62. The Kier molecular flexibility index (Phi) is 5.53. The topological polar surface area (TPSA) is 48.6 Å². The van der Waals surface area contributed by atoms with E-state index in [1.165, 1.54) is 27.6 Å². The van der Waals surface area contributed by atoms with E-state index < -0.39 is 0 Å². The fraction of sp³-hybridized carbons (Fsp3) is 0.393. The van der Waals surface area contributed by atoms with Gasteiger partial charge >= 0.3 is 0 Å². The van der Waals surface area contributed by atoms with Crippen LogP contribution in [0.2, 0.25) is 0 Å².